The largest absolute Gasteiger partial charge is 0.448 e. The topological polar surface area (TPSA) is 39.2 Å². The normalized spacial score (nSPS) is 12.8. The molecule has 0 aliphatic rings. The molecular weight excluding hydrogens is 332 g/mol. The molecule has 2 aromatic rings. The molecule has 2 nitrogen and oxygen atoms in total. The zero-order chi connectivity index (χ0) is 12.6. The maximum atomic E-state index is 13.9. The van der Waals surface area contributed by atoms with E-state index in [4.69, 9.17) is 33.4 Å². The van der Waals surface area contributed by atoms with Gasteiger partial charge in [-0.15, -0.1) is 0 Å². The molecular formula is C11H7BrCl2FNO. The van der Waals surface area contributed by atoms with Gasteiger partial charge in [0.15, 0.2) is 5.22 Å². The highest BCUT2D eigenvalue weighted by atomic mass is 79.9. The molecule has 0 aliphatic carbocycles. The highest BCUT2D eigenvalue weighted by Crippen LogP contribution is 2.32. The van der Waals surface area contributed by atoms with E-state index < -0.39 is 11.9 Å². The number of rotatable bonds is 2. The van der Waals surface area contributed by atoms with Crippen LogP contribution in [0.25, 0.3) is 0 Å². The Kier molecular flexibility index (Phi) is 3.78. The Balaban J connectivity index is 2.44. The molecule has 1 aromatic carbocycles. The van der Waals surface area contributed by atoms with Gasteiger partial charge in [-0.3, -0.25) is 0 Å². The quantitative estimate of drug-likeness (QED) is 0.817. The lowest BCUT2D eigenvalue weighted by atomic mass is 10.1. The second-order valence-corrected chi connectivity index (χ2v) is 4.99. The molecule has 0 saturated carbocycles. The van der Waals surface area contributed by atoms with Gasteiger partial charge in [-0.05, 0) is 45.7 Å². The van der Waals surface area contributed by atoms with Crippen molar-refractivity contribution >= 4 is 39.1 Å². The lowest BCUT2D eigenvalue weighted by Crippen LogP contribution is -2.13. The lowest BCUT2D eigenvalue weighted by Gasteiger charge is -2.11. The van der Waals surface area contributed by atoms with Crippen LogP contribution in [0.1, 0.15) is 17.4 Å². The van der Waals surface area contributed by atoms with Gasteiger partial charge in [0.2, 0.25) is 0 Å². The minimum atomic E-state index is -0.743. The van der Waals surface area contributed by atoms with Gasteiger partial charge in [0, 0.05) is 10.0 Å². The highest BCUT2D eigenvalue weighted by molar-refractivity contribution is 9.10. The first-order chi connectivity index (χ1) is 8.00. The lowest BCUT2D eigenvalue weighted by molar-refractivity contribution is 0.482. The van der Waals surface area contributed by atoms with Crippen LogP contribution in [0.4, 0.5) is 4.39 Å². The third kappa shape index (κ3) is 2.50. The van der Waals surface area contributed by atoms with E-state index in [0.717, 1.165) is 0 Å². The van der Waals surface area contributed by atoms with E-state index in [0.29, 0.717) is 10.2 Å². The van der Waals surface area contributed by atoms with Crippen LogP contribution in [0, 0.1) is 5.82 Å². The molecule has 0 bridgehead atoms. The first-order valence-corrected chi connectivity index (χ1v) is 6.20. The Morgan fingerprint density at radius 3 is 2.53 bits per heavy atom. The molecule has 90 valence electrons. The number of furan rings is 1. The van der Waals surface area contributed by atoms with Crippen LogP contribution in [0.15, 0.2) is 33.2 Å². The highest BCUT2D eigenvalue weighted by Gasteiger charge is 2.19. The average molecular weight is 339 g/mol. The maximum Gasteiger partial charge on any atom is 0.193 e. The van der Waals surface area contributed by atoms with Gasteiger partial charge in [-0.1, -0.05) is 17.7 Å². The number of hydrogen-bond donors (Lipinski definition) is 1. The van der Waals surface area contributed by atoms with E-state index in [1.54, 1.807) is 24.3 Å². The zero-order valence-electron chi connectivity index (χ0n) is 8.38. The summed E-state index contributed by atoms with van der Waals surface area (Å²) in [5, 5.41) is 0.203. The number of halogens is 4. The maximum absolute atomic E-state index is 13.9. The Bertz CT molecular complexity index is 558. The molecule has 0 saturated heterocycles. The Labute approximate surface area is 116 Å². The predicted molar refractivity (Wildman–Crippen MR) is 68.9 cm³/mol. The van der Waals surface area contributed by atoms with Crippen LogP contribution >= 0.6 is 39.1 Å². The summed E-state index contributed by atoms with van der Waals surface area (Å²) in [5.41, 5.74) is 6.14. The third-order valence-electron chi connectivity index (χ3n) is 2.30. The standard InChI is InChI=1S/C11H7BrCl2FNO/c12-6-2-1-5(10(15)9(6)14)11(16)7-3-4-8(13)17-7/h1-4,11H,16H2. The van der Waals surface area contributed by atoms with Crippen LogP contribution < -0.4 is 5.73 Å². The predicted octanol–water partition coefficient (Wildman–Crippen LogP) is 4.54. The van der Waals surface area contributed by atoms with Gasteiger partial charge in [0.25, 0.3) is 0 Å². The van der Waals surface area contributed by atoms with Gasteiger partial charge >= 0.3 is 0 Å². The second kappa shape index (κ2) is 4.98. The van der Waals surface area contributed by atoms with Crippen molar-refractivity contribution in [2.24, 2.45) is 5.73 Å². The minimum Gasteiger partial charge on any atom is -0.448 e. The van der Waals surface area contributed by atoms with E-state index in [2.05, 4.69) is 15.9 Å². The summed E-state index contributed by atoms with van der Waals surface area (Å²) < 4.78 is 19.5. The van der Waals surface area contributed by atoms with Crippen molar-refractivity contribution in [3.05, 3.63) is 56.1 Å². The summed E-state index contributed by atoms with van der Waals surface area (Å²) >= 11 is 14.6. The number of hydrogen-bond acceptors (Lipinski definition) is 2. The molecule has 1 atom stereocenters. The SMILES string of the molecule is NC(c1ccc(Cl)o1)c1ccc(Br)c(Cl)c1F. The van der Waals surface area contributed by atoms with E-state index in [1.165, 1.54) is 0 Å². The van der Waals surface area contributed by atoms with Gasteiger partial charge in [-0.25, -0.2) is 4.39 Å². The van der Waals surface area contributed by atoms with Crippen molar-refractivity contribution < 1.29 is 8.81 Å². The van der Waals surface area contributed by atoms with Crippen molar-refractivity contribution in [3.63, 3.8) is 0 Å². The van der Waals surface area contributed by atoms with Crippen LogP contribution in [-0.4, -0.2) is 0 Å². The molecule has 1 aromatic heterocycles. The monoisotopic (exact) mass is 337 g/mol. The summed E-state index contributed by atoms with van der Waals surface area (Å²) in [6.45, 7) is 0. The van der Waals surface area contributed by atoms with Crippen LogP contribution in [-0.2, 0) is 0 Å². The summed E-state index contributed by atoms with van der Waals surface area (Å²) in [7, 11) is 0. The molecule has 1 unspecified atom stereocenters. The molecule has 0 amide bonds. The van der Waals surface area contributed by atoms with Crippen molar-refractivity contribution in [2.75, 3.05) is 0 Å². The number of nitrogens with two attached hydrogens (primary N) is 1. The van der Waals surface area contributed by atoms with Crippen molar-refractivity contribution in [1.82, 2.24) is 0 Å². The summed E-state index contributed by atoms with van der Waals surface area (Å²) in [6, 6.07) is 5.59. The molecule has 0 spiro atoms. The second-order valence-electron chi connectivity index (χ2n) is 3.38. The third-order valence-corrected chi connectivity index (χ3v) is 3.76. The van der Waals surface area contributed by atoms with E-state index >= 15 is 0 Å². The average Bonchev–Trinajstić information content (AvgIpc) is 2.72. The fraction of sp³-hybridized carbons (Fsp3) is 0.0909. The first kappa shape index (κ1) is 12.9. The van der Waals surface area contributed by atoms with E-state index in [9.17, 15) is 4.39 Å². The fourth-order valence-corrected chi connectivity index (χ4v) is 2.06. The molecule has 1 heterocycles. The molecule has 6 heteroatoms. The van der Waals surface area contributed by atoms with Gasteiger partial charge in [0.1, 0.15) is 11.6 Å². The Hall–Kier alpha value is -0.550. The van der Waals surface area contributed by atoms with Gasteiger partial charge < -0.3 is 10.2 Å². The fourth-order valence-electron chi connectivity index (χ4n) is 1.43. The molecule has 2 N–H and O–H groups in total. The first-order valence-electron chi connectivity index (χ1n) is 4.65. The molecule has 2 rings (SSSR count). The van der Waals surface area contributed by atoms with Gasteiger partial charge in [0.05, 0.1) is 11.1 Å². The zero-order valence-corrected chi connectivity index (χ0v) is 11.5. The molecule has 17 heavy (non-hydrogen) atoms. The van der Waals surface area contributed by atoms with Crippen molar-refractivity contribution in [1.29, 1.82) is 0 Å². The van der Waals surface area contributed by atoms with Crippen LogP contribution in [0.5, 0.6) is 0 Å². The molecule has 0 radical (unpaired) electrons. The van der Waals surface area contributed by atoms with Crippen LogP contribution in [0.2, 0.25) is 10.2 Å². The summed E-state index contributed by atoms with van der Waals surface area (Å²) in [4.78, 5) is 0. The van der Waals surface area contributed by atoms with E-state index in [1.807, 2.05) is 0 Å². The minimum absolute atomic E-state index is 0.00407. The smallest absolute Gasteiger partial charge is 0.193 e. The van der Waals surface area contributed by atoms with E-state index in [-0.39, 0.29) is 15.8 Å². The molecule has 0 fully saturated rings. The van der Waals surface area contributed by atoms with Crippen molar-refractivity contribution in [2.45, 2.75) is 6.04 Å². The van der Waals surface area contributed by atoms with Crippen molar-refractivity contribution in [3.8, 4) is 0 Å². The Morgan fingerprint density at radius 2 is 1.94 bits per heavy atom. The molecule has 0 aliphatic heterocycles. The van der Waals surface area contributed by atoms with Gasteiger partial charge in [-0.2, -0.15) is 0 Å². The Morgan fingerprint density at radius 1 is 1.24 bits per heavy atom. The summed E-state index contributed by atoms with van der Waals surface area (Å²) in [5.74, 6) is -0.187. The van der Waals surface area contributed by atoms with Crippen LogP contribution in [0.3, 0.4) is 0 Å². The summed E-state index contributed by atoms with van der Waals surface area (Å²) in [6.07, 6.45) is 0. The number of benzene rings is 1.